The SMILES string of the molecule is CN1C(=O)C=C[C@]2(C)[C@H]3CC[C@]4(C)[C@@H](O)CC[C@H]4[C@@H]3CC(=Cc3ccc(OC(F)(F)F)cc3)[C@@H]12. The Morgan fingerprint density at radius 1 is 1.12 bits per heavy atom. The van der Waals surface area contributed by atoms with Crippen LogP contribution in [-0.4, -0.2) is 41.5 Å². The lowest BCUT2D eigenvalue weighted by molar-refractivity contribution is -0.274. The minimum absolute atomic E-state index is 0.0299. The summed E-state index contributed by atoms with van der Waals surface area (Å²) in [6, 6.07) is 5.80. The number of aliphatic hydroxyl groups excluding tert-OH is 1. The fraction of sp³-hybridized carbons (Fsp3) is 0.593. The van der Waals surface area contributed by atoms with Crippen molar-refractivity contribution in [2.45, 2.75) is 64.5 Å². The van der Waals surface area contributed by atoms with Crippen molar-refractivity contribution >= 4 is 12.0 Å². The summed E-state index contributed by atoms with van der Waals surface area (Å²) in [7, 11) is 1.84. The third-order valence-electron chi connectivity index (χ3n) is 9.38. The topological polar surface area (TPSA) is 49.8 Å². The summed E-state index contributed by atoms with van der Waals surface area (Å²) in [5, 5.41) is 10.8. The lowest BCUT2D eigenvalue weighted by Crippen LogP contribution is -2.60. The molecule has 1 aromatic carbocycles. The molecule has 1 amide bonds. The normalized spacial score (nSPS) is 40.7. The maximum Gasteiger partial charge on any atom is 0.573 e. The standard InChI is InChI=1S/C27H32F3NO3/c1-25-12-10-21-19(20(25)8-9-22(25)32)15-17(24-26(21,2)13-11-23(33)31(24)3)14-16-4-6-18(7-5-16)34-27(28,29)30/h4-7,11,13-14,19-22,24,32H,8-10,12,15H2,1-3H3/t19-,20-,21-,22-,24+,25-,26+/m0/s1. The summed E-state index contributed by atoms with van der Waals surface area (Å²) in [6.07, 6.45) is 5.50. The van der Waals surface area contributed by atoms with Crippen LogP contribution in [0.1, 0.15) is 51.5 Å². The number of benzene rings is 1. The Morgan fingerprint density at radius 2 is 1.82 bits per heavy atom. The average molecular weight is 476 g/mol. The number of amides is 1. The number of ether oxygens (including phenoxy) is 1. The molecule has 0 radical (unpaired) electrons. The molecule has 0 aromatic heterocycles. The Hall–Kier alpha value is -2.28. The third-order valence-corrected chi connectivity index (χ3v) is 9.38. The number of hydrogen-bond donors (Lipinski definition) is 1. The van der Waals surface area contributed by atoms with Crippen molar-refractivity contribution in [2.75, 3.05) is 7.05 Å². The van der Waals surface area contributed by atoms with E-state index in [4.69, 9.17) is 0 Å². The van der Waals surface area contributed by atoms with Gasteiger partial charge in [-0.3, -0.25) is 4.79 Å². The molecular weight excluding hydrogens is 443 g/mol. The molecule has 4 aliphatic rings. The zero-order valence-electron chi connectivity index (χ0n) is 19.8. The van der Waals surface area contributed by atoms with Crippen LogP contribution in [0, 0.1) is 28.6 Å². The van der Waals surface area contributed by atoms with Gasteiger partial charge in [0, 0.05) is 12.5 Å². The molecule has 3 aliphatic carbocycles. The predicted octanol–water partition coefficient (Wildman–Crippen LogP) is 5.58. The highest BCUT2D eigenvalue weighted by atomic mass is 19.4. The van der Waals surface area contributed by atoms with E-state index in [0.717, 1.165) is 43.2 Å². The van der Waals surface area contributed by atoms with Crippen molar-refractivity contribution in [1.29, 1.82) is 0 Å². The van der Waals surface area contributed by atoms with Crippen LogP contribution in [0.15, 0.2) is 42.0 Å². The quantitative estimate of drug-likeness (QED) is 0.608. The van der Waals surface area contributed by atoms with Crippen LogP contribution in [0.25, 0.3) is 6.08 Å². The Morgan fingerprint density at radius 3 is 2.50 bits per heavy atom. The van der Waals surface area contributed by atoms with Gasteiger partial charge in [-0.05, 0) is 84.6 Å². The minimum atomic E-state index is -4.73. The number of carbonyl (C=O) groups is 1. The van der Waals surface area contributed by atoms with Crippen molar-refractivity contribution in [3.8, 4) is 5.75 Å². The van der Waals surface area contributed by atoms with Gasteiger partial charge >= 0.3 is 6.36 Å². The predicted molar refractivity (Wildman–Crippen MR) is 123 cm³/mol. The first-order valence-electron chi connectivity index (χ1n) is 12.1. The molecule has 4 nitrogen and oxygen atoms in total. The monoisotopic (exact) mass is 475 g/mol. The second kappa shape index (κ2) is 7.87. The largest absolute Gasteiger partial charge is 0.573 e. The van der Waals surface area contributed by atoms with Gasteiger partial charge in [-0.25, -0.2) is 0 Å². The van der Waals surface area contributed by atoms with Gasteiger partial charge < -0.3 is 14.7 Å². The third kappa shape index (κ3) is 3.67. The second-order valence-electron chi connectivity index (χ2n) is 11.1. The Bertz CT molecular complexity index is 1030. The molecule has 0 spiro atoms. The highest BCUT2D eigenvalue weighted by Crippen LogP contribution is 2.64. The van der Waals surface area contributed by atoms with E-state index < -0.39 is 6.36 Å². The summed E-state index contributed by atoms with van der Waals surface area (Å²) in [5.41, 5.74) is 1.60. The van der Waals surface area contributed by atoms with Crippen LogP contribution < -0.4 is 4.74 Å². The molecule has 7 heteroatoms. The lowest BCUT2D eigenvalue weighted by Gasteiger charge is -2.60. The molecule has 5 rings (SSSR count). The Balaban J connectivity index is 1.54. The highest BCUT2D eigenvalue weighted by Gasteiger charge is 2.61. The molecule has 184 valence electrons. The van der Waals surface area contributed by atoms with E-state index in [-0.39, 0.29) is 34.6 Å². The van der Waals surface area contributed by atoms with Crippen molar-refractivity contribution < 1.29 is 27.8 Å². The summed E-state index contributed by atoms with van der Waals surface area (Å²) in [6.45, 7) is 4.48. The van der Waals surface area contributed by atoms with Crippen LogP contribution in [0.3, 0.4) is 0 Å². The number of nitrogens with zero attached hydrogens (tertiary/aromatic N) is 1. The van der Waals surface area contributed by atoms with Crippen LogP contribution in [0.4, 0.5) is 13.2 Å². The average Bonchev–Trinajstić information content (AvgIpc) is 3.06. The molecule has 3 fully saturated rings. The number of fused-ring (bicyclic) bond motifs is 5. The number of carbonyl (C=O) groups excluding carboxylic acids is 1. The number of aliphatic hydroxyl groups is 1. The van der Waals surface area contributed by atoms with Crippen molar-refractivity contribution in [2.24, 2.45) is 28.6 Å². The smallest absolute Gasteiger partial charge is 0.406 e. The molecule has 0 unspecified atom stereocenters. The first-order chi connectivity index (χ1) is 15.9. The van der Waals surface area contributed by atoms with E-state index in [2.05, 4.69) is 24.7 Å². The fourth-order valence-electron chi connectivity index (χ4n) is 7.80. The van der Waals surface area contributed by atoms with Gasteiger partial charge in [0.1, 0.15) is 5.75 Å². The van der Waals surface area contributed by atoms with Crippen molar-refractivity contribution in [3.63, 3.8) is 0 Å². The van der Waals surface area contributed by atoms with Crippen LogP contribution in [0.5, 0.6) is 5.75 Å². The second-order valence-corrected chi connectivity index (χ2v) is 11.1. The molecule has 0 saturated heterocycles. The van der Waals surface area contributed by atoms with Gasteiger partial charge in [0.05, 0.1) is 12.1 Å². The molecule has 1 aromatic rings. The fourth-order valence-corrected chi connectivity index (χ4v) is 7.80. The zero-order valence-corrected chi connectivity index (χ0v) is 19.8. The van der Waals surface area contributed by atoms with Crippen LogP contribution >= 0.6 is 0 Å². The molecule has 1 N–H and O–H groups in total. The molecule has 0 bridgehead atoms. The van der Waals surface area contributed by atoms with E-state index in [1.165, 1.54) is 12.1 Å². The van der Waals surface area contributed by atoms with E-state index in [1.54, 1.807) is 18.2 Å². The minimum Gasteiger partial charge on any atom is -0.406 e. The summed E-state index contributed by atoms with van der Waals surface area (Å²) in [4.78, 5) is 14.5. The highest BCUT2D eigenvalue weighted by molar-refractivity contribution is 5.89. The lowest BCUT2D eigenvalue weighted by atomic mass is 9.47. The zero-order chi connectivity index (χ0) is 24.5. The number of hydrogen-bond acceptors (Lipinski definition) is 3. The molecule has 7 atom stereocenters. The number of likely N-dealkylation sites (N-methyl/N-ethyl adjacent to an activating group) is 1. The van der Waals surface area contributed by atoms with Crippen LogP contribution in [-0.2, 0) is 4.79 Å². The molecule has 1 aliphatic heterocycles. The molecule has 1 heterocycles. The first-order valence-corrected chi connectivity index (χ1v) is 12.1. The van der Waals surface area contributed by atoms with Crippen molar-refractivity contribution in [1.82, 2.24) is 4.90 Å². The molecule has 3 saturated carbocycles. The number of rotatable bonds is 2. The van der Waals surface area contributed by atoms with E-state index in [1.807, 2.05) is 18.0 Å². The van der Waals surface area contributed by atoms with E-state index in [0.29, 0.717) is 17.8 Å². The first kappa shape index (κ1) is 23.5. The van der Waals surface area contributed by atoms with Gasteiger partial charge in [0.2, 0.25) is 5.91 Å². The summed E-state index contributed by atoms with van der Waals surface area (Å²) >= 11 is 0. The maximum atomic E-state index is 12.7. The van der Waals surface area contributed by atoms with Crippen LogP contribution in [0.2, 0.25) is 0 Å². The van der Waals surface area contributed by atoms with Gasteiger partial charge in [-0.15, -0.1) is 13.2 Å². The summed E-state index contributed by atoms with van der Waals surface area (Å²) < 4.78 is 41.7. The van der Waals surface area contributed by atoms with Gasteiger partial charge in [-0.1, -0.05) is 38.1 Å². The van der Waals surface area contributed by atoms with Gasteiger partial charge in [0.25, 0.3) is 0 Å². The number of halogens is 3. The Labute approximate surface area is 198 Å². The molecular formula is C27H32F3NO3. The van der Waals surface area contributed by atoms with E-state index >= 15 is 0 Å². The summed E-state index contributed by atoms with van der Waals surface area (Å²) in [5.74, 6) is 0.938. The maximum absolute atomic E-state index is 12.7. The van der Waals surface area contributed by atoms with E-state index in [9.17, 15) is 23.1 Å². The number of alkyl halides is 3. The van der Waals surface area contributed by atoms with Gasteiger partial charge in [0.15, 0.2) is 0 Å². The van der Waals surface area contributed by atoms with Gasteiger partial charge in [-0.2, -0.15) is 0 Å². The van der Waals surface area contributed by atoms with Crippen molar-refractivity contribution in [3.05, 3.63) is 47.6 Å². The molecule has 34 heavy (non-hydrogen) atoms. The Kier molecular flexibility index (Phi) is 5.43.